The van der Waals surface area contributed by atoms with Crippen LogP contribution in [0.4, 0.5) is 5.69 Å². The van der Waals surface area contributed by atoms with Crippen molar-refractivity contribution in [1.29, 1.82) is 0 Å². The molecule has 1 aromatic rings. The highest BCUT2D eigenvalue weighted by molar-refractivity contribution is 5.48. The van der Waals surface area contributed by atoms with Crippen molar-refractivity contribution >= 4 is 5.69 Å². The third-order valence-electron chi connectivity index (χ3n) is 4.43. The molecule has 1 saturated carbocycles. The van der Waals surface area contributed by atoms with E-state index in [1.807, 2.05) is 6.07 Å². The Balaban J connectivity index is 1.96. The molecule has 1 aromatic carbocycles. The summed E-state index contributed by atoms with van der Waals surface area (Å²) in [6, 6.07) is 5.60. The van der Waals surface area contributed by atoms with Crippen LogP contribution in [-0.4, -0.2) is 18.1 Å². The Hall–Kier alpha value is -1.62. The number of nitrogens with zero attached hydrogens (tertiary/aromatic N) is 1. The highest BCUT2D eigenvalue weighted by Gasteiger charge is 2.20. The maximum atomic E-state index is 11.0. The lowest BCUT2D eigenvalue weighted by Gasteiger charge is -2.28. The first-order chi connectivity index (χ1) is 10.1. The number of benzene rings is 1. The van der Waals surface area contributed by atoms with Gasteiger partial charge in [-0.2, -0.15) is 0 Å². The first kappa shape index (κ1) is 15.8. The minimum absolute atomic E-state index is 0.0297. The summed E-state index contributed by atoms with van der Waals surface area (Å²) in [5.41, 5.74) is 0.951. The van der Waals surface area contributed by atoms with E-state index in [0.717, 1.165) is 11.5 Å². The highest BCUT2D eigenvalue weighted by atomic mass is 16.6. The van der Waals surface area contributed by atoms with Gasteiger partial charge in [-0.25, -0.2) is 0 Å². The summed E-state index contributed by atoms with van der Waals surface area (Å²) in [6.07, 6.45) is 6.58. The normalized spacial score (nSPS) is 17.4. The Bertz CT molecular complexity index is 484. The summed E-state index contributed by atoms with van der Waals surface area (Å²) in [6.45, 7) is 2.87. The van der Waals surface area contributed by atoms with Gasteiger partial charge in [0, 0.05) is 18.7 Å². The molecule has 0 aromatic heterocycles. The summed E-state index contributed by atoms with van der Waals surface area (Å²) in [7, 11) is 1.45. The third-order valence-corrected chi connectivity index (χ3v) is 4.43. The quantitative estimate of drug-likeness (QED) is 0.642. The first-order valence-corrected chi connectivity index (χ1v) is 7.66. The van der Waals surface area contributed by atoms with E-state index in [9.17, 15) is 10.1 Å². The van der Waals surface area contributed by atoms with Crippen LogP contribution < -0.4 is 10.1 Å². The average Bonchev–Trinajstić information content (AvgIpc) is 2.53. The molecule has 0 saturated heterocycles. The van der Waals surface area contributed by atoms with Gasteiger partial charge in [0.2, 0.25) is 0 Å². The Morgan fingerprint density at radius 2 is 2.10 bits per heavy atom. The molecule has 5 heteroatoms. The largest absolute Gasteiger partial charge is 0.490 e. The Morgan fingerprint density at radius 3 is 2.71 bits per heavy atom. The van der Waals surface area contributed by atoms with Gasteiger partial charge < -0.3 is 10.1 Å². The lowest BCUT2D eigenvalue weighted by Crippen LogP contribution is -2.34. The average molecular weight is 292 g/mol. The van der Waals surface area contributed by atoms with Crippen LogP contribution in [0, 0.1) is 16.0 Å². The van der Waals surface area contributed by atoms with Gasteiger partial charge in [0.25, 0.3) is 0 Å². The summed E-state index contributed by atoms with van der Waals surface area (Å²) in [5, 5.41) is 14.5. The second-order valence-electron chi connectivity index (χ2n) is 5.83. The molecule has 21 heavy (non-hydrogen) atoms. The number of rotatable bonds is 6. The predicted molar refractivity (Wildman–Crippen MR) is 82.5 cm³/mol. The van der Waals surface area contributed by atoms with Gasteiger partial charge >= 0.3 is 5.69 Å². The Kier molecular flexibility index (Phi) is 5.56. The van der Waals surface area contributed by atoms with Crippen molar-refractivity contribution in [3.63, 3.8) is 0 Å². The van der Waals surface area contributed by atoms with Crippen molar-refractivity contribution in [2.75, 3.05) is 7.11 Å². The molecule has 1 fully saturated rings. The summed E-state index contributed by atoms with van der Waals surface area (Å²) < 4.78 is 5.02. The van der Waals surface area contributed by atoms with E-state index in [4.69, 9.17) is 4.74 Å². The molecule has 1 aliphatic carbocycles. The molecule has 0 bridgehead atoms. The molecule has 2 rings (SSSR count). The van der Waals surface area contributed by atoms with Crippen LogP contribution in [0.3, 0.4) is 0 Å². The molecule has 1 aliphatic rings. The summed E-state index contributed by atoms with van der Waals surface area (Å²) in [4.78, 5) is 10.6. The van der Waals surface area contributed by atoms with E-state index in [1.54, 1.807) is 12.1 Å². The van der Waals surface area contributed by atoms with Gasteiger partial charge in [0.1, 0.15) is 0 Å². The minimum atomic E-state index is -0.396. The molecule has 116 valence electrons. The third kappa shape index (κ3) is 4.17. The molecule has 1 atom stereocenters. The van der Waals surface area contributed by atoms with Gasteiger partial charge in [-0.3, -0.25) is 10.1 Å². The van der Waals surface area contributed by atoms with Crippen molar-refractivity contribution in [2.24, 2.45) is 5.92 Å². The standard InChI is InChI=1S/C16H24N2O3/c1-12(14-6-4-3-5-7-14)17-11-13-8-9-16(21-2)15(10-13)18(19)20/h8-10,12,14,17H,3-7,11H2,1-2H3. The SMILES string of the molecule is COc1ccc(CNC(C)C2CCCCC2)cc1[N+](=O)[O-]. The lowest BCUT2D eigenvalue weighted by molar-refractivity contribution is -0.385. The number of methoxy groups -OCH3 is 1. The molecule has 0 spiro atoms. The van der Waals surface area contributed by atoms with E-state index >= 15 is 0 Å². The molecule has 1 N–H and O–H groups in total. The van der Waals surface area contributed by atoms with Crippen LogP contribution in [-0.2, 0) is 6.54 Å². The van der Waals surface area contributed by atoms with Gasteiger partial charge in [0.15, 0.2) is 5.75 Å². The zero-order valence-corrected chi connectivity index (χ0v) is 12.8. The fraction of sp³-hybridized carbons (Fsp3) is 0.625. The van der Waals surface area contributed by atoms with Crippen LogP contribution in [0.15, 0.2) is 18.2 Å². The molecule has 1 unspecified atom stereocenters. The van der Waals surface area contributed by atoms with Crippen molar-refractivity contribution in [1.82, 2.24) is 5.32 Å². The second-order valence-corrected chi connectivity index (χ2v) is 5.83. The van der Waals surface area contributed by atoms with Crippen LogP contribution >= 0.6 is 0 Å². The van der Waals surface area contributed by atoms with Crippen LogP contribution in [0.2, 0.25) is 0 Å². The number of hydrogen-bond acceptors (Lipinski definition) is 4. The lowest BCUT2D eigenvalue weighted by atomic mass is 9.84. The van der Waals surface area contributed by atoms with Gasteiger partial charge in [-0.1, -0.05) is 25.3 Å². The topological polar surface area (TPSA) is 64.4 Å². The highest BCUT2D eigenvalue weighted by Crippen LogP contribution is 2.28. The molecule has 0 aliphatic heterocycles. The van der Waals surface area contributed by atoms with Crippen LogP contribution in [0.5, 0.6) is 5.75 Å². The fourth-order valence-corrected chi connectivity index (χ4v) is 3.07. The predicted octanol–water partition coefficient (Wildman–Crippen LogP) is 3.66. The van der Waals surface area contributed by atoms with Crippen molar-refractivity contribution < 1.29 is 9.66 Å². The van der Waals surface area contributed by atoms with Crippen molar-refractivity contribution in [3.05, 3.63) is 33.9 Å². The summed E-state index contributed by atoms with van der Waals surface area (Å²) in [5.74, 6) is 1.04. The fourth-order valence-electron chi connectivity index (χ4n) is 3.07. The van der Waals surface area contributed by atoms with Crippen LogP contribution in [0.1, 0.15) is 44.6 Å². The Labute approximate surface area is 125 Å². The molecule has 0 amide bonds. The van der Waals surface area contributed by atoms with Gasteiger partial charge in [0.05, 0.1) is 12.0 Å². The number of nitrogens with one attached hydrogen (secondary N) is 1. The van der Waals surface area contributed by atoms with E-state index in [0.29, 0.717) is 18.3 Å². The molecular formula is C16H24N2O3. The van der Waals surface area contributed by atoms with E-state index in [1.165, 1.54) is 39.2 Å². The van der Waals surface area contributed by atoms with Gasteiger partial charge in [-0.05, 0) is 37.3 Å². The number of hydrogen-bond donors (Lipinski definition) is 1. The summed E-state index contributed by atoms with van der Waals surface area (Å²) >= 11 is 0. The molecule has 0 radical (unpaired) electrons. The first-order valence-electron chi connectivity index (χ1n) is 7.66. The zero-order valence-electron chi connectivity index (χ0n) is 12.8. The maximum absolute atomic E-state index is 11.0. The maximum Gasteiger partial charge on any atom is 0.311 e. The number of nitro groups is 1. The van der Waals surface area contributed by atoms with Crippen molar-refractivity contribution in [3.8, 4) is 5.75 Å². The van der Waals surface area contributed by atoms with E-state index in [-0.39, 0.29) is 5.69 Å². The number of nitro benzene ring substituents is 1. The van der Waals surface area contributed by atoms with Crippen molar-refractivity contribution in [2.45, 2.75) is 51.6 Å². The molecule has 5 nitrogen and oxygen atoms in total. The Morgan fingerprint density at radius 1 is 1.38 bits per heavy atom. The smallest absolute Gasteiger partial charge is 0.311 e. The molecule has 0 heterocycles. The number of ether oxygens (including phenoxy) is 1. The van der Waals surface area contributed by atoms with Gasteiger partial charge in [-0.15, -0.1) is 0 Å². The minimum Gasteiger partial charge on any atom is -0.490 e. The molecular weight excluding hydrogens is 268 g/mol. The van der Waals surface area contributed by atoms with E-state index < -0.39 is 4.92 Å². The zero-order chi connectivity index (χ0) is 15.2. The van der Waals surface area contributed by atoms with Crippen LogP contribution in [0.25, 0.3) is 0 Å². The van der Waals surface area contributed by atoms with E-state index in [2.05, 4.69) is 12.2 Å². The second kappa shape index (κ2) is 7.41. The monoisotopic (exact) mass is 292 g/mol.